The highest BCUT2D eigenvalue weighted by Gasteiger charge is 2.61. The first-order chi connectivity index (χ1) is 50.3. The number of carboxylic acid groups (broad SMARTS) is 1. The lowest BCUT2D eigenvalue weighted by atomic mass is 9.88. The highest BCUT2D eigenvalue weighted by Crippen LogP contribution is 2.41. The molecule has 620 valence electrons. The minimum absolute atomic E-state index is 0. The van der Waals surface area contributed by atoms with Gasteiger partial charge in [0.05, 0.1) is 63.9 Å². The van der Waals surface area contributed by atoms with Crippen LogP contribution in [0.2, 0.25) is 0 Å². The number of rotatable bonds is 50. The number of amides is 3. The molecule has 5 rings (SSSR count). The van der Waals surface area contributed by atoms with Crippen LogP contribution in [0, 0.1) is 0 Å². The van der Waals surface area contributed by atoms with Crippen molar-refractivity contribution in [2.75, 3.05) is 39.6 Å². The number of unbranched alkanes of at least 4 members (excludes halogenated alkanes) is 23. The van der Waals surface area contributed by atoms with Crippen molar-refractivity contribution in [1.29, 1.82) is 0 Å². The van der Waals surface area contributed by atoms with Crippen LogP contribution in [0.5, 0.6) is 0 Å². The first-order valence-electron chi connectivity index (χ1n) is 38.1. The van der Waals surface area contributed by atoms with Crippen LogP contribution in [0.3, 0.4) is 0 Å². The van der Waals surface area contributed by atoms with Crippen molar-refractivity contribution in [3.8, 4) is 0 Å². The predicted molar refractivity (Wildman–Crippen MR) is 372 cm³/mol. The minimum atomic E-state index is -3.49. The number of aliphatic hydroxyl groups excluding tert-OH is 16. The molecule has 0 spiro atoms. The van der Waals surface area contributed by atoms with Gasteiger partial charge in [0.2, 0.25) is 23.5 Å². The van der Waals surface area contributed by atoms with Crippen LogP contribution >= 0.6 is 0 Å². The fraction of sp³-hybridized carbons (Fsp3) is 0.915. The minimum Gasteiger partial charge on any atom is -0.544 e. The van der Waals surface area contributed by atoms with Gasteiger partial charge in [-0.25, -0.2) is 0 Å². The van der Waals surface area contributed by atoms with Crippen LogP contribution in [0.4, 0.5) is 0 Å². The number of carboxylic acids is 1. The van der Waals surface area contributed by atoms with E-state index in [-0.39, 0.29) is 18.5 Å². The lowest BCUT2D eigenvalue weighted by Gasteiger charge is -2.54. The summed E-state index contributed by atoms with van der Waals surface area (Å²) in [5.74, 6) is -8.10. The van der Waals surface area contributed by atoms with Gasteiger partial charge in [-0.15, -0.1) is 0 Å². The second-order valence-corrected chi connectivity index (χ2v) is 28.6. The molecule has 5 saturated heterocycles. The zero-order valence-electron chi connectivity index (χ0n) is 62.4. The second-order valence-electron chi connectivity index (χ2n) is 28.6. The average Bonchev–Trinajstić information content (AvgIpc) is 0.757. The lowest BCUT2D eigenvalue weighted by Crippen LogP contribution is -2.73. The van der Waals surface area contributed by atoms with E-state index in [1.54, 1.807) is 6.08 Å². The number of quaternary nitrogens is 1. The number of ether oxygens (including phenoxy) is 10. The van der Waals surface area contributed by atoms with Gasteiger partial charge in [0.1, 0.15) is 122 Å². The van der Waals surface area contributed by atoms with Gasteiger partial charge in [0, 0.05) is 26.7 Å². The number of hydrogen-bond donors (Lipinski definition) is 20. The summed E-state index contributed by atoms with van der Waals surface area (Å²) in [5, 5.41) is 199. The van der Waals surface area contributed by atoms with Crippen molar-refractivity contribution >= 4 is 23.7 Å². The van der Waals surface area contributed by atoms with Crippen LogP contribution in [0.1, 0.15) is 201 Å². The van der Waals surface area contributed by atoms with Crippen LogP contribution < -0.4 is 27.2 Å². The molecule has 5 aliphatic heterocycles. The van der Waals surface area contributed by atoms with Crippen molar-refractivity contribution in [3.63, 3.8) is 0 Å². The van der Waals surface area contributed by atoms with E-state index in [1.165, 1.54) is 96.0 Å². The largest absolute Gasteiger partial charge is 0.544 e. The molecule has 0 aromatic carbocycles. The molecule has 28 atom stereocenters. The molecule has 23 N–H and O–H groups in total. The van der Waals surface area contributed by atoms with Crippen LogP contribution in [0.15, 0.2) is 12.2 Å². The maximum atomic E-state index is 13.7. The normalized spacial score (nSPS) is 34.7. The summed E-state index contributed by atoms with van der Waals surface area (Å²) in [5.41, 5.74) is 0. The van der Waals surface area contributed by atoms with Crippen LogP contribution in [-0.4, -0.2) is 316 Å². The van der Waals surface area contributed by atoms with Gasteiger partial charge in [-0.05, 0) is 19.3 Å². The molecule has 0 aromatic rings. The Hall–Kier alpha value is -3.46. The molecule has 35 heteroatoms. The topological polar surface area (TPSA) is 580 Å². The molecule has 0 aliphatic carbocycles. The summed E-state index contributed by atoms with van der Waals surface area (Å²) < 4.78 is 59.8. The van der Waals surface area contributed by atoms with Gasteiger partial charge in [0.15, 0.2) is 25.2 Å². The maximum absolute atomic E-state index is 13.7. The standard InChI is InChI=1S/C71H127N3O31.H3N/c1-5-7-9-11-13-15-17-19-21-23-25-27-29-31-43(82)42(74-50(85)32-30-28-26-24-22-20-18-16-14-12-10-8-6-2)39-96-67-59(92)57(90)61(48(37-78)99-67)101-69-60(93)65(105-71(70(94)95)33-44(83)51(72-40(3)80)64(104-71)53(86)45(84)34-75)62(49(38-79)100-69)102-66-52(73-41(4)81)63(55(88)47(36-77)97-66)103-68-58(91)56(89)54(87)46(35-76)98-68;/h29,31,42-49,51-69,75-79,82-84,86-93H,5-28,30,32-39H2,1-4H3,(H,72,80)(H,73,81)(H,74,85)(H,94,95);1H3/b31-29+;/t42-,43+,44-,45+,46+,47+,48+,49+,51+,52+,53+,54-,55-,56-,57+,58+,59+,60+,61+,62-,63+,64+,65+,66-,67+,68-,69-,71-;/m0./s1. The fourth-order valence-corrected chi connectivity index (χ4v) is 14.0. The van der Waals surface area contributed by atoms with Gasteiger partial charge in [-0.2, -0.15) is 0 Å². The van der Waals surface area contributed by atoms with E-state index < -0.39 is 235 Å². The molecule has 35 nitrogen and oxygen atoms in total. The third kappa shape index (κ3) is 28.6. The molecule has 5 heterocycles. The van der Waals surface area contributed by atoms with E-state index in [9.17, 15) is 106 Å². The van der Waals surface area contributed by atoms with Crippen molar-refractivity contribution in [2.24, 2.45) is 0 Å². The molecule has 3 amide bonds. The fourth-order valence-electron chi connectivity index (χ4n) is 14.0. The molecule has 0 saturated carbocycles. The number of carbonyl (C=O) groups excluding carboxylic acids is 4. The van der Waals surface area contributed by atoms with Gasteiger partial charge < -0.3 is 161 Å². The van der Waals surface area contributed by atoms with E-state index in [0.29, 0.717) is 12.8 Å². The number of aliphatic hydroxyl groups is 16. The Bertz CT molecular complexity index is 2470. The molecular weight excluding hydrogens is 1400 g/mol. The zero-order chi connectivity index (χ0) is 77.3. The summed E-state index contributed by atoms with van der Waals surface area (Å²) >= 11 is 0. The summed E-state index contributed by atoms with van der Waals surface area (Å²) in [4.78, 5) is 52.8. The quantitative estimate of drug-likeness (QED) is 0.0216. The van der Waals surface area contributed by atoms with Crippen molar-refractivity contribution in [2.45, 2.75) is 372 Å². The number of carbonyl (C=O) groups is 4. The summed E-state index contributed by atoms with van der Waals surface area (Å²) in [6.07, 6.45) is -20.0. The molecular formula is C71H130N4O31. The molecule has 0 radical (unpaired) electrons. The van der Waals surface area contributed by atoms with Gasteiger partial charge >= 0.3 is 0 Å². The summed E-state index contributed by atoms with van der Waals surface area (Å²) in [6, 6.07) is -4.85. The van der Waals surface area contributed by atoms with E-state index >= 15 is 0 Å². The van der Waals surface area contributed by atoms with E-state index in [1.807, 2.05) is 0 Å². The number of nitrogens with one attached hydrogen (secondary N) is 3. The molecule has 0 aromatic heterocycles. The SMILES string of the molecule is CCCCCCCCCCCCC/C=C/[C@@H](O)[C@H](CO[C@@H]1O[C@H](CO)[C@@H](O[C@@H]2O[C@H](CO)[C@H](O[C@@H]3O[C@H](CO)[C@H](O)[C@H](O[C@@H]4O[C@H](CO)[C@H](O)[C@H](O)[C@H]4O)[C@H]3NC(C)=O)[C@H](O[C@]3(C(=O)[O-])C[C@H](O)[C@@H](NC(C)=O)[C@H]([C@H](O)[C@H](O)CO)O3)[C@H]2O)[C@H](O)[C@H]1O)NC(=O)CCCCCCCCCCCCCCC.[NH4+]. The number of hydrogen-bond acceptors (Lipinski definition) is 31. The molecule has 106 heavy (non-hydrogen) atoms. The second kappa shape index (κ2) is 49.8. The van der Waals surface area contributed by atoms with Crippen LogP contribution in [0.25, 0.3) is 0 Å². The van der Waals surface area contributed by atoms with Gasteiger partial charge in [0.25, 0.3) is 0 Å². The summed E-state index contributed by atoms with van der Waals surface area (Å²) in [6.45, 7) is 0.220. The highest BCUT2D eigenvalue weighted by atomic mass is 16.8. The third-order valence-corrected chi connectivity index (χ3v) is 20.1. The Morgan fingerprint density at radius 2 is 0.953 bits per heavy atom. The first kappa shape index (κ1) is 94.9. The number of aliphatic carboxylic acids is 1. The predicted octanol–water partition coefficient (Wildman–Crippen LogP) is -2.78. The zero-order valence-corrected chi connectivity index (χ0v) is 62.4. The molecule has 5 fully saturated rings. The van der Waals surface area contributed by atoms with Crippen molar-refractivity contribution in [1.82, 2.24) is 22.1 Å². The van der Waals surface area contributed by atoms with E-state index in [2.05, 4.69) is 29.8 Å². The van der Waals surface area contributed by atoms with Crippen LogP contribution in [-0.2, 0) is 66.5 Å². The van der Waals surface area contributed by atoms with Crippen molar-refractivity contribution < 1.29 is 153 Å². The maximum Gasteiger partial charge on any atom is 0.220 e. The third-order valence-electron chi connectivity index (χ3n) is 20.1. The van der Waals surface area contributed by atoms with E-state index in [4.69, 9.17) is 47.4 Å². The molecule has 0 bridgehead atoms. The lowest BCUT2D eigenvalue weighted by molar-refractivity contribution is -0.421. The molecule has 0 unspecified atom stereocenters. The van der Waals surface area contributed by atoms with Crippen molar-refractivity contribution in [3.05, 3.63) is 12.2 Å². The number of allylic oxidation sites excluding steroid dienone is 1. The molecule has 5 aliphatic rings. The Labute approximate surface area is 621 Å². The van der Waals surface area contributed by atoms with Gasteiger partial charge in [-0.1, -0.05) is 167 Å². The Kier molecular flexibility index (Phi) is 44.6. The van der Waals surface area contributed by atoms with E-state index in [0.717, 1.165) is 71.6 Å². The average molecular weight is 1540 g/mol. The highest BCUT2D eigenvalue weighted by molar-refractivity contribution is 5.76. The Morgan fingerprint density at radius 1 is 0.509 bits per heavy atom. The Balaban J connectivity index is 0.0000238. The first-order valence-corrected chi connectivity index (χ1v) is 38.1. The Morgan fingerprint density at radius 3 is 1.47 bits per heavy atom. The summed E-state index contributed by atoms with van der Waals surface area (Å²) in [7, 11) is 0. The van der Waals surface area contributed by atoms with Gasteiger partial charge in [-0.3, -0.25) is 14.4 Å². The smallest absolute Gasteiger partial charge is 0.220 e. The monoisotopic (exact) mass is 1530 g/mol.